The van der Waals surface area contributed by atoms with Crippen molar-refractivity contribution in [3.63, 3.8) is 0 Å². The zero-order chi connectivity index (χ0) is 16.9. The summed E-state index contributed by atoms with van der Waals surface area (Å²) < 4.78 is 0. The topological polar surface area (TPSA) is 54.9 Å². The van der Waals surface area contributed by atoms with Gasteiger partial charge in [0, 0.05) is 29.0 Å². The zero-order valence-electron chi connectivity index (χ0n) is 12.2. The van der Waals surface area contributed by atoms with Gasteiger partial charge in [-0.1, -0.05) is 35.3 Å². The Morgan fingerprint density at radius 3 is 2.96 bits per heavy atom. The molecule has 3 aromatic rings. The Hall–Kier alpha value is -1.73. The fourth-order valence-corrected chi connectivity index (χ4v) is 3.68. The van der Waals surface area contributed by atoms with Gasteiger partial charge in [-0.15, -0.1) is 22.7 Å². The van der Waals surface area contributed by atoms with E-state index in [1.165, 1.54) is 28.7 Å². The number of hydrogen-bond acceptors (Lipinski definition) is 5. The molecule has 0 saturated heterocycles. The number of anilines is 1. The minimum Gasteiger partial charge on any atom is -0.298 e. The van der Waals surface area contributed by atoms with Gasteiger partial charge in [0.2, 0.25) is 5.91 Å². The van der Waals surface area contributed by atoms with Crippen LogP contribution in [0.5, 0.6) is 0 Å². The maximum Gasteiger partial charge on any atom is 0.250 e. The fraction of sp³-hybridized carbons (Fsp3) is 0.0625. The molecule has 8 heteroatoms. The average molecular weight is 396 g/mol. The molecule has 0 spiro atoms. The molecule has 0 unspecified atom stereocenters. The normalized spacial score (nSPS) is 11.1. The maximum absolute atomic E-state index is 11.9. The van der Waals surface area contributed by atoms with Crippen molar-refractivity contribution in [2.75, 3.05) is 5.32 Å². The SMILES string of the molecule is O=C(/C=C/c1cscn1)Nc1ncc(Cc2cccc(Cl)c2Cl)s1. The number of carbonyl (C=O) groups is 1. The molecule has 0 saturated carbocycles. The lowest BCUT2D eigenvalue weighted by Gasteiger charge is -2.03. The van der Waals surface area contributed by atoms with Crippen LogP contribution in [0, 0.1) is 0 Å². The highest BCUT2D eigenvalue weighted by molar-refractivity contribution is 7.15. The Kier molecular flexibility index (Phi) is 5.63. The monoisotopic (exact) mass is 395 g/mol. The van der Waals surface area contributed by atoms with Crippen molar-refractivity contribution in [3.8, 4) is 0 Å². The van der Waals surface area contributed by atoms with Gasteiger partial charge in [-0.25, -0.2) is 9.97 Å². The molecule has 0 aliphatic heterocycles. The third-order valence-corrected chi connectivity index (χ3v) is 5.41. The summed E-state index contributed by atoms with van der Waals surface area (Å²) in [6, 6.07) is 5.53. The Morgan fingerprint density at radius 1 is 1.29 bits per heavy atom. The summed E-state index contributed by atoms with van der Waals surface area (Å²) in [4.78, 5) is 21.2. The predicted octanol–water partition coefficient (Wildman–Crippen LogP) is 5.15. The second kappa shape index (κ2) is 7.90. The van der Waals surface area contributed by atoms with Crippen LogP contribution in [0.3, 0.4) is 0 Å². The van der Waals surface area contributed by atoms with Crippen molar-refractivity contribution in [1.29, 1.82) is 0 Å². The van der Waals surface area contributed by atoms with E-state index in [2.05, 4.69) is 15.3 Å². The van der Waals surface area contributed by atoms with Crippen LogP contribution in [0.25, 0.3) is 6.08 Å². The number of halogens is 2. The molecule has 0 bridgehead atoms. The second-order valence-electron chi connectivity index (χ2n) is 4.76. The summed E-state index contributed by atoms with van der Waals surface area (Å²) in [5.41, 5.74) is 3.39. The number of hydrogen-bond donors (Lipinski definition) is 1. The van der Waals surface area contributed by atoms with Gasteiger partial charge in [0.05, 0.1) is 21.2 Å². The van der Waals surface area contributed by atoms with E-state index in [4.69, 9.17) is 23.2 Å². The van der Waals surface area contributed by atoms with E-state index in [0.717, 1.165) is 16.1 Å². The van der Waals surface area contributed by atoms with Gasteiger partial charge >= 0.3 is 0 Å². The van der Waals surface area contributed by atoms with Crippen molar-refractivity contribution < 1.29 is 4.79 Å². The molecule has 2 heterocycles. The number of aromatic nitrogens is 2. The number of thiazole rings is 2. The number of nitrogens with zero attached hydrogens (tertiary/aromatic N) is 2. The number of rotatable bonds is 5. The highest BCUT2D eigenvalue weighted by Crippen LogP contribution is 2.29. The van der Waals surface area contributed by atoms with E-state index in [1.54, 1.807) is 23.8 Å². The van der Waals surface area contributed by atoms with Crippen LogP contribution < -0.4 is 5.32 Å². The lowest BCUT2D eigenvalue weighted by molar-refractivity contribution is -0.111. The zero-order valence-corrected chi connectivity index (χ0v) is 15.3. The highest BCUT2D eigenvalue weighted by atomic mass is 35.5. The first kappa shape index (κ1) is 17.1. The molecule has 122 valence electrons. The van der Waals surface area contributed by atoms with Crippen LogP contribution in [0.4, 0.5) is 5.13 Å². The van der Waals surface area contributed by atoms with Gasteiger partial charge in [-0.2, -0.15) is 0 Å². The van der Waals surface area contributed by atoms with Gasteiger partial charge in [-0.05, 0) is 17.7 Å². The maximum atomic E-state index is 11.9. The van der Waals surface area contributed by atoms with E-state index in [9.17, 15) is 4.79 Å². The fourth-order valence-electron chi connectivity index (χ4n) is 1.93. The average Bonchev–Trinajstić information content (AvgIpc) is 3.22. The standard InChI is InChI=1S/C16H11Cl2N3OS2/c17-13-3-1-2-10(15(13)18)6-12-7-19-16(24-12)21-14(22)5-4-11-8-23-9-20-11/h1-5,7-9H,6H2,(H,19,21,22)/b5-4+. The lowest BCUT2D eigenvalue weighted by Crippen LogP contribution is -2.07. The summed E-state index contributed by atoms with van der Waals surface area (Å²) in [6.45, 7) is 0. The quantitative estimate of drug-likeness (QED) is 0.607. The molecule has 24 heavy (non-hydrogen) atoms. The first-order valence-electron chi connectivity index (χ1n) is 6.86. The van der Waals surface area contributed by atoms with Crippen LogP contribution in [0.2, 0.25) is 10.0 Å². The van der Waals surface area contributed by atoms with Gasteiger partial charge in [0.25, 0.3) is 0 Å². The molecule has 0 aliphatic carbocycles. The summed E-state index contributed by atoms with van der Waals surface area (Å²) in [7, 11) is 0. The summed E-state index contributed by atoms with van der Waals surface area (Å²) in [5, 5.41) is 6.21. The second-order valence-corrected chi connectivity index (χ2v) is 7.38. The Morgan fingerprint density at radius 2 is 2.17 bits per heavy atom. The van der Waals surface area contributed by atoms with Crippen molar-refractivity contribution >= 4 is 63.0 Å². The molecule has 1 aromatic carbocycles. The van der Waals surface area contributed by atoms with E-state index in [0.29, 0.717) is 21.6 Å². The first-order valence-corrected chi connectivity index (χ1v) is 9.38. The Bertz CT molecular complexity index is 875. The number of amides is 1. The van der Waals surface area contributed by atoms with Crippen molar-refractivity contribution in [3.05, 3.63) is 67.5 Å². The van der Waals surface area contributed by atoms with Crippen molar-refractivity contribution in [2.45, 2.75) is 6.42 Å². The molecule has 0 fully saturated rings. The van der Waals surface area contributed by atoms with E-state index >= 15 is 0 Å². The Labute approximate surface area is 156 Å². The van der Waals surface area contributed by atoms with E-state index in [1.807, 2.05) is 17.5 Å². The van der Waals surface area contributed by atoms with Crippen LogP contribution in [0.15, 0.2) is 41.4 Å². The molecule has 3 rings (SSSR count). The van der Waals surface area contributed by atoms with E-state index in [-0.39, 0.29) is 5.91 Å². The van der Waals surface area contributed by atoms with Crippen LogP contribution in [0.1, 0.15) is 16.1 Å². The minimum atomic E-state index is -0.246. The lowest BCUT2D eigenvalue weighted by atomic mass is 10.1. The molecule has 0 aliphatic rings. The molecule has 0 radical (unpaired) electrons. The summed E-state index contributed by atoms with van der Waals surface area (Å²) in [6.07, 6.45) is 5.43. The summed E-state index contributed by atoms with van der Waals surface area (Å²) in [5.74, 6) is -0.246. The number of carbonyl (C=O) groups excluding carboxylic acids is 1. The number of nitrogens with one attached hydrogen (secondary N) is 1. The first-order chi connectivity index (χ1) is 11.6. The van der Waals surface area contributed by atoms with Crippen molar-refractivity contribution in [2.24, 2.45) is 0 Å². The predicted molar refractivity (Wildman–Crippen MR) is 101 cm³/mol. The van der Waals surface area contributed by atoms with Crippen molar-refractivity contribution in [1.82, 2.24) is 9.97 Å². The third-order valence-electron chi connectivity index (χ3n) is 3.04. The molecule has 0 atom stereocenters. The highest BCUT2D eigenvalue weighted by Gasteiger charge is 2.09. The van der Waals surface area contributed by atoms with Gasteiger partial charge < -0.3 is 0 Å². The van der Waals surface area contributed by atoms with E-state index < -0.39 is 0 Å². The minimum absolute atomic E-state index is 0.246. The molecule has 2 aromatic heterocycles. The summed E-state index contributed by atoms with van der Waals surface area (Å²) >= 11 is 15.1. The molecule has 1 N–H and O–H groups in total. The van der Waals surface area contributed by atoms with Gasteiger partial charge in [-0.3, -0.25) is 10.1 Å². The van der Waals surface area contributed by atoms with Gasteiger partial charge in [0.15, 0.2) is 5.13 Å². The Balaban J connectivity index is 1.63. The molecular weight excluding hydrogens is 385 g/mol. The molecule has 4 nitrogen and oxygen atoms in total. The van der Waals surface area contributed by atoms with Gasteiger partial charge in [0.1, 0.15) is 0 Å². The van der Waals surface area contributed by atoms with Crippen LogP contribution in [-0.2, 0) is 11.2 Å². The molecular formula is C16H11Cl2N3OS2. The third kappa shape index (κ3) is 4.42. The largest absolute Gasteiger partial charge is 0.298 e. The number of benzene rings is 1. The smallest absolute Gasteiger partial charge is 0.250 e. The van der Waals surface area contributed by atoms with Crippen LogP contribution in [-0.4, -0.2) is 15.9 Å². The van der Waals surface area contributed by atoms with Crippen LogP contribution >= 0.6 is 45.9 Å². The molecule has 1 amide bonds.